The predicted octanol–water partition coefficient (Wildman–Crippen LogP) is 4.09. The van der Waals surface area contributed by atoms with Crippen molar-refractivity contribution in [2.75, 3.05) is 20.6 Å². The summed E-state index contributed by atoms with van der Waals surface area (Å²) in [5.74, 6) is 0.296. The Balaban J connectivity index is 2.10. The zero-order valence-electron chi connectivity index (χ0n) is 15.3. The maximum atomic E-state index is 12.2. The summed E-state index contributed by atoms with van der Waals surface area (Å²) in [6.45, 7) is 2.48. The Morgan fingerprint density at radius 1 is 1.08 bits per heavy atom. The molecule has 134 valence electrons. The summed E-state index contributed by atoms with van der Waals surface area (Å²) in [6.07, 6.45) is 3.30. The molecular formula is C22H23NO3. The van der Waals surface area contributed by atoms with Crippen LogP contribution in [0.4, 0.5) is 0 Å². The van der Waals surface area contributed by atoms with Crippen LogP contribution in [-0.2, 0) is 0 Å². The first-order valence-electron chi connectivity index (χ1n) is 8.63. The standard InChI is InChI=1S/C22H23NO3/c1-15(24)21-20(18-8-4-5-9-19(18)22(25)26-21)17-12-10-16(11-13-17)7-6-14-23(2)3/h4-13,15,24H,14H2,1-3H3/b7-6+. The topological polar surface area (TPSA) is 53.7 Å². The van der Waals surface area contributed by atoms with Gasteiger partial charge in [0.15, 0.2) is 0 Å². The molecule has 0 aliphatic carbocycles. The van der Waals surface area contributed by atoms with Crippen molar-refractivity contribution in [1.29, 1.82) is 0 Å². The number of benzene rings is 2. The largest absolute Gasteiger partial charge is 0.424 e. The third-order valence-corrected chi connectivity index (χ3v) is 4.23. The number of hydrogen-bond donors (Lipinski definition) is 1. The van der Waals surface area contributed by atoms with Crippen molar-refractivity contribution >= 4 is 16.8 Å². The van der Waals surface area contributed by atoms with Crippen molar-refractivity contribution < 1.29 is 9.52 Å². The molecule has 0 saturated carbocycles. The van der Waals surface area contributed by atoms with Gasteiger partial charge in [0.05, 0.1) is 5.39 Å². The van der Waals surface area contributed by atoms with E-state index in [0.717, 1.165) is 28.6 Å². The number of likely N-dealkylation sites (N-methyl/N-ethyl adjacent to an activating group) is 1. The van der Waals surface area contributed by atoms with Crippen LogP contribution in [0.3, 0.4) is 0 Å². The number of nitrogens with zero attached hydrogens (tertiary/aromatic N) is 1. The van der Waals surface area contributed by atoms with Gasteiger partial charge >= 0.3 is 5.63 Å². The van der Waals surface area contributed by atoms with E-state index in [9.17, 15) is 9.90 Å². The van der Waals surface area contributed by atoms with Crippen molar-refractivity contribution in [3.05, 3.63) is 76.4 Å². The Labute approximate surface area is 153 Å². The molecule has 4 heteroatoms. The highest BCUT2D eigenvalue weighted by atomic mass is 16.4. The van der Waals surface area contributed by atoms with Gasteiger partial charge in [-0.15, -0.1) is 0 Å². The molecule has 0 fully saturated rings. The van der Waals surface area contributed by atoms with Crippen molar-refractivity contribution in [2.45, 2.75) is 13.0 Å². The summed E-state index contributed by atoms with van der Waals surface area (Å²) < 4.78 is 5.43. The summed E-state index contributed by atoms with van der Waals surface area (Å²) in [5, 5.41) is 11.4. The van der Waals surface area contributed by atoms with Crippen molar-refractivity contribution in [1.82, 2.24) is 4.90 Å². The lowest BCUT2D eigenvalue weighted by Crippen LogP contribution is -2.10. The summed E-state index contributed by atoms with van der Waals surface area (Å²) in [4.78, 5) is 14.3. The Morgan fingerprint density at radius 3 is 2.35 bits per heavy atom. The smallest absolute Gasteiger partial charge is 0.343 e. The molecular weight excluding hydrogens is 326 g/mol. The van der Waals surface area contributed by atoms with E-state index in [0.29, 0.717) is 11.1 Å². The second-order valence-electron chi connectivity index (χ2n) is 6.64. The van der Waals surface area contributed by atoms with Crippen LogP contribution in [0, 0.1) is 0 Å². The van der Waals surface area contributed by atoms with Gasteiger partial charge in [0, 0.05) is 17.5 Å². The maximum Gasteiger partial charge on any atom is 0.343 e. The first-order valence-corrected chi connectivity index (χ1v) is 8.63. The summed E-state index contributed by atoms with van der Waals surface area (Å²) in [6, 6.07) is 15.3. The molecule has 1 N–H and O–H groups in total. The molecule has 1 unspecified atom stereocenters. The fourth-order valence-electron chi connectivity index (χ4n) is 2.97. The third kappa shape index (κ3) is 3.77. The molecule has 26 heavy (non-hydrogen) atoms. The molecule has 0 saturated heterocycles. The highest BCUT2D eigenvalue weighted by molar-refractivity contribution is 5.96. The van der Waals surface area contributed by atoms with E-state index in [4.69, 9.17) is 4.42 Å². The monoisotopic (exact) mass is 349 g/mol. The number of aliphatic hydroxyl groups is 1. The molecule has 3 aromatic rings. The summed E-state index contributed by atoms with van der Waals surface area (Å²) in [7, 11) is 4.05. The van der Waals surface area contributed by atoms with Crippen LogP contribution in [0.5, 0.6) is 0 Å². The van der Waals surface area contributed by atoms with Crippen LogP contribution in [0.1, 0.15) is 24.4 Å². The van der Waals surface area contributed by atoms with Gasteiger partial charge in [-0.2, -0.15) is 0 Å². The molecule has 0 bridgehead atoms. The highest BCUT2D eigenvalue weighted by Crippen LogP contribution is 2.33. The Hall–Kier alpha value is -2.69. The van der Waals surface area contributed by atoms with E-state index < -0.39 is 11.7 Å². The van der Waals surface area contributed by atoms with E-state index in [1.807, 2.05) is 56.6 Å². The average Bonchev–Trinajstić information content (AvgIpc) is 2.62. The molecule has 4 nitrogen and oxygen atoms in total. The van der Waals surface area contributed by atoms with Crippen LogP contribution in [0.25, 0.3) is 28.0 Å². The van der Waals surface area contributed by atoms with Crippen molar-refractivity contribution in [2.24, 2.45) is 0 Å². The Bertz CT molecular complexity index is 982. The van der Waals surface area contributed by atoms with Crippen LogP contribution in [0.2, 0.25) is 0 Å². The van der Waals surface area contributed by atoms with Gasteiger partial charge in [0.25, 0.3) is 0 Å². The molecule has 0 amide bonds. The van der Waals surface area contributed by atoms with E-state index in [1.165, 1.54) is 0 Å². The number of fused-ring (bicyclic) bond motifs is 1. The highest BCUT2D eigenvalue weighted by Gasteiger charge is 2.18. The van der Waals surface area contributed by atoms with Crippen molar-refractivity contribution in [3.63, 3.8) is 0 Å². The second-order valence-corrected chi connectivity index (χ2v) is 6.64. The number of rotatable bonds is 5. The first-order chi connectivity index (χ1) is 12.5. The second kappa shape index (κ2) is 7.68. The van der Waals surface area contributed by atoms with E-state index in [1.54, 1.807) is 13.0 Å². The van der Waals surface area contributed by atoms with Crippen LogP contribution in [-0.4, -0.2) is 30.6 Å². The SMILES string of the molecule is CC(O)c1oc(=O)c2ccccc2c1-c1ccc(/C=C/CN(C)C)cc1. The third-order valence-electron chi connectivity index (χ3n) is 4.23. The molecule has 0 radical (unpaired) electrons. The molecule has 1 heterocycles. The summed E-state index contributed by atoms with van der Waals surface area (Å²) in [5.41, 5.74) is 2.34. The maximum absolute atomic E-state index is 12.2. The molecule has 1 aromatic heterocycles. The number of hydrogen-bond acceptors (Lipinski definition) is 4. The lowest BCUT2D eigenvalue weighted by molar-refractivity contribution is 0.166. The van der Waals surface area contributed by atoms with Gasteiger partial charge in [-0.05, 0) is 38.2 Å². The minimum atomic E-state index is -0.873. The molecule has 0 aliphatic heterocycles. The zero-order valence-corrected chi connectivity index (χ0v) is 15.3. The van der Waals surface area contributed by atoms with E-state index >= 15 is 0 Å². The van der Waals surface area contributed by atoms with Crippen LogP contribution < -0.4 is 5.63 Å². The normalized spacial score (nSPS) is 13.0. The summed E-state index contributed by atoms with van der Waals surface area (Å²) >= 11 is 0. The number of aliphatic hydroxyl groups excluding tert-OH is 1. The molecule has 3 rings (SSSR count). The average molecular weight is 349 g/mol. The molecule has 0 spiro atoms. The van der Waals surface area contributed by atoms with Gasteiger partial charge in [0.2, 0.25) is 0 Å². The molecule has 2 aromatic carbocycles. The Kier molecular flexibility index (Phi) is 5.35. The lowest BCUT2D eigenvalue weighted by atomic mass is 9.96. The minimum absolute atomic E-state index is 0.296. The molecule has 1 atom stereocenters. The zero-order chi connectivity index (χ0) is 18.7. The van der Waals surface area contributed by atoms with Gasteiger partial charge < -0.3 is 14.4 Å². The van der Waals surface area contributed by atoms with Gasteiger partial charge in [-0.3, -0.25) is 0 Å². The lowest BCUT2D eigenvalue weighted by Gasteiger charge is -2.13. The van der Waals surface area contributed by atoms with Crippen LogP contribution >= 0.6 is 0 Å². The Morgan fingerprint density at radius 2 is 1.73 bits per heavy atom. The van der Waals surface area contributed by atoms with Crippen LogP contribution in [0.15, 0.2) is 63.8 Å². The fraction of sp³-hybridized carbons (Fsp3) is 0.227. The van der Waals surface area contributed by atoms with Gasteiger partial charge in [-0.1, -0.05) is 54.6 Å². The van der Waals surface area contributed by atoms with Crippen molar-refractivity contribution in [3.8, 4) is 11.1 Å². The first kappa shape index (κ1) is 18.1. The van der Waals surface area contributed by atoms with E-state index in [-0.39, 0.29) is 0 Å². The molecule has 0 aliphatic rings. The fourth-order valence-corrected chi connectivity index (χ4v) is 2.97. The van der Waals surface area contributed by atoms with Gasteiger partial charge in [0.1, 0.15) is 11.9 Å². The van der Waals surface area contributed by atoms with Gasteiger partial charge in [-0.25, -0.2) is 4.79 Å². The quantitative estimate of drug-likeness (QED) is 0.754. The van der Waals surface area contributed by atoms with E-state index in [2.05, 4.69) is 17.1 Å². The minimum Gasteiger partial charge on any atom is -0.424 e. The predicted molar refractivity (Wildman–Crippen MR) is 106 cm³/mol.